The second kappa shape index (κ2) is 6.53. The van der Waals surface area contributed by atoms with Crippen molar-refractivity contribution in [2.24, 2.45) is 5.73 Å². The summed E-state index contributed by atoms with van der Waals surface area (Å²) in [6.07, 6.45) is 0. The molecule has 0 saturated carbocycles. The highest BCUT2D eigenvalue weighted by Crippen LogP contribution is 2.25. The number of benzene rings is 1. The molecular formula is C15H19ClN2S. The van der Waals surface area contributed by atoms with Gasteiger partial charge in [0.15, 0.2) is 0 Å². The van der Waals surface area contributed by atoms with E-state index in [1.54, 1.807) is 11.3 Å². The topological polar surface area (TPSA) is 29.3 Å². The fourth-order valence-electron chi connectivity index (χ4n) is 2.02. The highest BCUT2D eigenvalue weighted by molar-refractivity contribution is 7.11. The maximum absolute atomic E-state index is 6.05. The molecule has 0 spiro atoms. The first-order chi connectivity index (χ1) is 9.10. The van der Waals surface area contributed by atoms with Crippen LogP contribution in [0.4, 0.5) is 0 Å². The van der Waals surface area contributed by atoms with Crippen molar-refractivity contribution in [1.29, 1.82) is 0 Å². The Bertz CT molecular complexity index is 538. The van der Waals surface area contributed by atoms with Gasteiger partial charge < -0.3 is 5.73 Å². The van der Waals surface area contributed by atoms with Crippen LogP contribution in [0.3, 0.4) is 0 Å². The first-order valence-corrected chi connectivity index (χ1v) is 7.53. The summed E-state index contributed by atoms with van der Waals surface area (Å²) >= 11 is 7.83. The van der Waals surface area contributed by atoms with Crippen molar-refractivity contribution in [2.45, 2.75) is 26.1 Å². The molecule has 2 nitrogen and oxygen atoms in total. The summed E-state index contributed by atoms with van der Waals surface area (Å²) in [6.45, 7) is 3.75. The van der Waals surface area contributed by atoms with Crippen LogP contribution in [0.1, 0.15) is 28.3 Å². The van der Waals surface area contributed by atoms with Crippen molar-refractivity contribution in [3.8, 4) is 0 Å². The predicted molar refractivity (Wildman–Crippen MR) is 83.5 cm³/mol. The van der Waals surface area contributed by atoms with Gasteiger partial charge in [-0.1, -0.05) is 23.7 Å². The fourth-order valence-corrected chi connectivity index (χ4v) is 3.18. The Kier molecular flexibility index (Phi) is 4.99. The van der Waals surface area contributed by atoms with Gasteiger partial charge in [0.1, 0.15) is 0 Å². The largest absolute Gasteiger partial charge is 0.326 e. The van der Waals surface area contributed by atoms with E-state index in [1.165, 1.54) is 15.3 Å². The van der Waals surface area contributed by atoms with Crippen LogP contribution in [0, 0.1) is 0 Å². The van der Waals surface area contributed by atoms with Crippen LogP contribution >= 0.6 is 22.9 Å². The van der Waals surface area contributed by atoms with Gasteiger partial charge in [-0.2, -0.15) is 0 Å². The van der Waals surface area contributed by atoms with Crippen molar-refractivity contribution < 1.29 is 0 Å². The third-order valence-electron chi connectivity index (χ3n) is 3.32. The van der Waals surface area contributed by atoms with E-state index >= 15 is 0 Å². The Labute approximate surface area is 123 Å². The minimum Gasteiger partial charge on any atom is -0.326 e. The standard InChI is InChI=1S/C15H19ClN2S/c1-11(12-4-3-5-13(16)8-12)18(2)10-15-7-6-14(9-17)19-15/h3-8,11H,9-10,17H2,1-2H3. The van der Waals surface area contributed by atoms with E-state index in [0.29, 0.717) is 12.6 Å². The number of rotatable bonds is 5. The Morgan fingerprint density at radius 1 is 1.26 bits per heavy atom. The number of nitrogens with two attached hydrogens (primary N) is 1. The van der Waals surface area contributed by atoms with Crippen LogP contribution < -0.4 is 5.73 Å². The molecule has 2 rings (SSSR count). The maximum atomic E-state index is 6.05. The first-order valence-electron chi connectivity index (χ1n) is 6.33. The molecule has 2 aromatic rings. The van der Waals surface area contributed by atoms with Gasteiger partial charge in [0.25, 0.3) is 0 Å². The Morgan fingerprint density at radius 2 is 2.00 bits per heavy atom. The number of nitrogens with zero attached hydrogens (tertiary/aromatic N) is 1. The lowest BCUT2D eigenvalue weighted by Gasteiger charge is -2.24. The Hall–Kier alpha value is -0.870. The molecule has 0 saturated heterocycles. The van der Waals surface area contributed by atoms with Crippen LogP contribution in [0.15, 0.2) is 36.4 Å². The van der Waals surface area contributed by atoms with Crippen molar-refractivity contribution >= 4 is 22.9 Å². The Morgan fingerprint density at radius 3 is 2.63 bits per heavy atom. The van der Waals surface area contributed by atoms with Gasteiger partial charge in [0, 0.05) is 33.9 Å². The number of thiophene rings is 1. The minimum atomic E-state index is 0.335. The third kappa shape index (κ3) is 3.80. The molecule has 102 valence electrons. The molecule has 4 heteroatoms. The molecule has 1 aromatic carbocycles. The summed E-state index contributed by atoms with van der Waals surface area (Å²) in [5, 5.41) is 0.791. The summed E-state index contributed by atoms with van der Waals surface area (Å²) in [6, 6.07) is 12.7. The van der Waals surface area contributed by atoms with Gasteiger partial charge in [-0.25, -0.2) is 0 Å². The summed E-state index contributed by atoms with van der Waals surface area (Å²) < 4.78 is 0. The third-order valence-corrected chi connectivity index (χ3v) is 4.64. The molecule has 0 bridgehead atoms. The monoisotopic (exact) mass is 294 g/mol. The van der Waals surface area contributed by atoms with Gasteiger partial charge in [0.2, 0.25) is 0 Å². The molecule has 1 atom stereocenters. The molecule has 0 amide bonds. The van der Waals surface area contributed by atoms with Crippen LogP contribution in [-0.4, -0.2) is 11.9 Å². The van der Waals surface area contributed by atoms with Crippen molar-refractivity contribution in [3.05, 3.63) is 56.7 Å². The summed E-state index contributed by atoms with van der Waals surface area (Å²) in [5.74, 6) is 0. The van der Waals surface area contributed by atoms with Crippen molar-refractivity contribution in [3.63, 3.8) is 0 Å². The van der Waals surface area contributed by atoms with Gasteiger partial charge in [-0.15, -0.1) is 11.3 Å². The van der Waals surface area contributed by atoms with Crippen LogP contribution in [0.2, 0.25) is 5.02 Å². The second-order valence-electron chi connectivity index (χ2n) is 4.72. The first kappa shape index (κ1) is 14.5. The lowest BCUT2D eigenvalue weighted by Crippen LogP contribution is -2.21. The molecule has 1 aromatic heterocycles. The average Bonchev–Trinajstić information content (AvgIpc) is 2.85. The van der Waals surface area contributed by atoms with E-state index in [1.807, 2.05) is 18.2 Å². The predicted octanol–water partition coefficient (Wildman–Crippen LogP) is 4.05. The fraction of sp³-hybridized carbons (Fsp3) is 0.333. The quantitative estimate of drug-likeness (QED) is 0.901. The molecule has 0 aliphatic rings. The van der Waals surface area contributed by atoms with Gasteiger partial charge in [-0.05, 0) is 43.8 Å². The van der Waals surface area contributed by atoms with Crippen LogP contribution in [-0.2, 0) is 13.1 Å². The SMILES string of the molecule is CC(c1cccc(Cl)c1)N(C)Cc1ccc(CN)s1. The maximum Gasteiger partial charge on any atom is 0.0409 e. The second-order valence-corrected chi connectivity index (χ2v) is 6.41. The lowest BCUT2D eigenvalue weighted by molar-refractivity contribution is 0.255. The average molecular weight is 295 g/mol. The Balaban J connectivity index is 2.04. The zero-order valence-electron chi connectivity index (χ0n) is 11.3. The zero-order valence-corrected chi connectivity index (χ0v) is 12.8. The van der Waals surface area contributed by atoms with E-state index in [2.05, 4.69) is 37.1 Å². The molecule has 0 aliphatic heterocycles. The van der Waals surface area contributed by atoms with E-state index < -0.39 is 0 Å². The van der Waals surface area contributed by atoms with Crippen LogP contribution in [0.5, 0.6) is 0 Å². The van der Waals surface area contributed by atoms with Crippen molar-refractivity contribution in [2.75, 3.05) is 7.05 Å². The van der Waals surface area contributed by atoms with E-state index in [0.717, 1.165) is 11.6 Å². The van der Waals surface area contributed by atoms with Crippen molar-refractivity contribution in [1.82, 2.24) is 4.90 Å². The summed E-state index contributed by atoms with van der Waals surface area (Å²) in [4.78, 5) is 4.90. The van der Waals surface area contributed by atoms with Gasteiger partial charge >= 0.3 is 0 Å². The smallest absolute Gasteiger partial charge is 0.0409 e. The molecule has 1 heterocycles. The molecular weight excluding hydrogens is 276 g/mol. The summed E-state index contributed by atoms with van der Waals surface area (Å²) in [7, 11) is 2.13. The molecule has 1 unspecified atom stereocenters. The number of hydrogen-bond donors (Lipinski definition) is 1. The summed E-state index contributed by atoms with van der Waals surface area (Å²) in [5.41, 5.74) is 6.88. The molecule has 0 fully saturated rings. The molecule has 19 heavy (non-hydrogen) atoms. The van der Waals surface area contributed by atoms with Gasteiger partial charge in [-0.3, -0.25) is 4.90 Å². The lowest BCUT2D eigenvalue weighted by atomic mass is 10.1. The number of hydrogen-bond acceptors (Lipinski definition) is 3. The van der Waals surface area contributed by atoms with E-state index in [-0.39, 0.29) is 0 Å². The van der Waals surface area contributed by atoms with E-state index in [9.17, 15) is 0 Å². The normalized spacial score (nSPS) is 12.9. The number of halogens is 1. The molecule has 0 aliphatic carbocycles. The molecule has 2 N–H and O–H groups in total. The highest BCUT2D eigenvalue weighted by atomic mass is 35.5. The van der Waals surface area contributed by atoms with Crippen LogP contribution in [0.25, 0.3) is 0 Å². The zero-order chi connectivity index (χ0) is 13.8. The molecule has 0 radical (unpaired) electrons. The minimum absolute atomic E-state index is 0.335. The highest BCUT2D eigenvalue weighted by Gasteiger charge is 2.13. The van der Waals surface area contributed by atoms with Gasteiger partial charge in [0.05, 0.1) is 0 Å². The van der Waals surface area contributed by atoms with E-state index in [4.69, 9.17) is 17.3 Å².